The minimum absolute atomic E-state index is 0.0738. The van der Waals surface area contributed by atoms with Crippen molar-refractivity contribution < 1.29 is 23.5 Å². The van der Waals surface area contributed by atoms with Crippen molar-refractivity contribution in [3.63, 3.8) is 0 Å². The molecule has 0 saturated carbocycles. The number of rotatable bonds is 6. The van der Waals surface area contributed by atoms with Gasteiger partial charge in [-0.05, 0) is 51.3 Å². The highest BCUT2D eigenvalue weighted by Crippen LogP contribution is 2.28. The second-order valence-corrected chi connectivity index (χ2v) is 8.01. The minimum atomic E-state index is -0.659. The molecule has 31 heavy (non-hydrogen) atoms. The first-order valence-electron chi connectivity index (χ1n) is 10.7. The van der Waals surface area contributed by atoms with Crippen molar-refractivity contribution in [2.24, 2.45) is 0 Å². The number of amides is 1. The number of likely N-dealkylation sites (tertiary alicyclic amines) is 1. The molecule has 1 aliphatic rings. The molecule has 2 aromatic carbocycles. The third kappa shape index (κ3) is 4.58. The van der Waals surface area contributed by atoms with Gasteiger partial charge in [0.05, 0.1) is 5.56 Å². The summed E-state index contributed by atoms with van der Waals surface area (Å²) in [7, 11) is 0. The van der Waals surface area contributed by atoms with Crippen LogP contribution in [-0.2, 0) is 16.1 Å². The Morgan fingerprint density at radius 3 is 2.42 bits per heavy atom. The number of benzene rings is 2. The fourth-order valence-corrected chi connectivity index (χ4v) is 4.26. The summed E-state index contributed by atoms with van der Waals surface area (Å²) in [4.78, 5) is 27.4. The first-order chi connectivity index (χ1) is 15.0. The number of nitrogens with zero attached hydrogens (tertiary/aromatic N) is 1. The molecule has 0 N–H and O–H groups in total. The number of fused-ring (bicyclic) bond motifs is 1. The Kier molecular flexibility index (Phi) is 6.26. The summed E-state index contributed by atoms with van der Waals surface area (Å²) >= 11 is 0. The fraction of sp³-hybridized carbons (Fsp3) is 0.360. The predicted molar refractivity (Wildman–Crippen MR) is 117 cm³/mol. The highest BCUT2D eigenvalue weighted by Gasteiger charge is 2.30. The van der Waals surface area contributed by atoms with Crippen LogP contribution in [0, 0.1) is 0 Å². The summed E-state index contributed by atoms with van der Waals surface area (Å²) in [5.41, 5.74) is 1.18. The van der Waals surface area contributed by atoms with Crippen molar-refractivity contribution >= 4 is 22.8 Å². The number of para-hydroxylation sites is 2. The quantitative estimate of drug-likeness (QED) is 0.526. The Bertz CT molecular complexity index is 1050. The maximum absolute atomic E-state index is 12.9. The first-order valence-corrected chi connectivity index (χ1v) is 10.7. The largest absolute Gasteiger partial charge is 0.489 e. The third-order valence-corrected chi connectivity index (χ3v) is 5.82. The normalized spacial score (nSPS) is 18.7. The van der Waals surface area contributed by atoms with E-state index in [0.29, 0.717) is 16.9 Å². The van der Waals surface area contributed by atoms with Crippen LogP contribution in [0.3, 0.4) is 0 Å². The number of ether oxygens (including phenoxy) is 2. The lowest BCUT2D eigenvalue weighted by Gasteiger charge is -2.38. The van der Waals surface area contributed by atoms with Crippen LogP contribution in [0.25, 0.3) is 11.0 Å². The van der Waals surface area contributed by atoms with Gasteiger partial charge in [-0.3, -0.25) is 4.79 Å². The van der Waals surface area contributed by atoms with Crippen molar-refractivity contribution in [3.8, 4) is 5.75 Å². The van der Waals surface area contributed by atoms with E-state index in [1.54, 1.807) is 6.07 Å². The van der Waals surface area contributed by atoms with Gasteiger partial charge < -0.3 is 18.8 Å². The highest BCUT2D eigenvalue weighted by atomic mass is 16.5. The number of carbonyl (C=O) groups excluding carboxylic acids is 2. The molecule has 2 atom stereocenters. The maximum atomic E-state index is 12.9. The molecular weight excluding hydrogens is 394 g/mol. The van der Waals surface area contributed by atoms with E-state index in [1.165, 1.54) is 0 Å². The van der Waals surface area contributed by atoms with Crippen LogP contribution in [0.4, 0.5) is 0 Å². The van der Waals surface area contributed by atoms with Gasteiger partial charge in [-0.15, -0.1) is 0 Å². The lowest BCUT2D eigenvalue weighted by atomic mass is 9.97. The minimum Gasteiger partial charge on any atom is -0.489 e. The number of carbonyl (C=O) groups is 2. The van der Waals surface area contributed by atoms with Gasteiger partial charge in [0.1, 0.15) is 17.9 Å². The standard InChI is InChI=1S/C25H27NO5/c1-17-9-8-10-18(2)26(17)23(27)16-30-25(28)24-21(15-29-19-11-4-3-5-12-19)20-13-6-7-14-22(20)31-24/h3-7,11-14,17-18H,8-10,15-16H2,1-2H3/t17-,18-/m0/s1. The van der Waals surface area contributed by atoms with Crippen LogP contribution < -0.4 is 4.74 Å². The Morgan fingerprint density at radius 1 is 1.00 bits per heavy atom. The van der Waals surface area contributed by atoms with E-state index in [9.17, 15) is 9.59 Å². The molecular formula is C25H27NO5. The van der Waals surface area contributed by atoms with Gasteiger partial charge in [0.25, 0.3) is 5.91 Å². The lowest BCUT2D eigenvalue weighted by Crippen LogP contribution is -2.49. The smallest absolute Gasteiger partial charge is 0.375 e. The molecule has 1 fully saturated rings. The second kappa shape index (κ2) is 9.25. The molecule has 4 rings (SSSR count). The zero-order valence-corrected chi connectivity index (χ0v) is 17.9. The van der Waals surface area contributed by atoms with Gasteiger partial charge in [0, 0.05) is 17.5 Å². The summed E-state index contributed by atoms with van der Waals surface area (Å²) in [5, 5.41) is 0.787. The first kappa shape index (κ1) is 21.0. The van der Waals surface area contributed by atoms with Gasteiger partial charge in [0.15, 0.2) is 6.61 Å². The van der Waals surface area contributed by atoms with Crippen molar-refractivity contribution in [3.05, 3.63) is 65.9 Å². The van der Waals surface area contributed by atoms with E-state index < -0.39 is 5.97 Å². The number of piperidine rings is 1. The number of hydrogen-bond acceptors (Lipinski definition) is 5. The molecule has 1 amide bonds. The van der Waals surface area contributed by atoms with Crippen LogP contribution in [-0.4, -0.2) is 35.5 Å². The summed E-state index contributed by atoms with van der Waals surface area (Å²) in [6.07, 6.45) is 3.04. The van der Waals surface area contributed by atoms with Crippen LogP contribution in [0.2, 0.25) is 0 Å². The number of furan rings is 1. The molecule has 6 nitrogen and oxygen atoms in total. The van der Waals surface area contributed by atoms with Gasteiger partial charge in [-0.2, -0.15) is 0 Å². The van der Waals surface area contributed by atoms with E-state index in [0.717, 1.165) is 24.6 Å². The third-order valence-electron chi connectivity index (χ3n) is 5.82. The van der Waals surface area contributed by atoms with Crippen LogP contribution >= 0.6 is 0 Å². The Morgan fingerprint density at radius 2 is 1.68 bits per heavy atom. The zero-order chi connectivity index (χ0) is 21.8. The Labute approximate surface area is 181 Å². The Balaban J connectivity index is 1.50. The van der Waals surface area contributed by atoms with Gasteiger partial charge >= 0.3 is 5.97 Å². The van der Waals surface area contributed by atoms with E-state index in [1.807, 2.05) is 67.3 Å². The monoisotopic (exact) mass is 421 g/mol. The van der Waals surface area contributed by atoms with Crippen LogP contribution in [0.15, 0.2) is 59.0 Å². The van der Waals surface area contributed by atoms with E-state index in [4.69, 9.17) is 13.9 Å². The summed E-state index contributed by atoms with van der Waals surface area (Å²) in [6, 6.07) is 17.0. The lowest BCUT2D eigenvalue weighted by molar-refractivity contribution is -0.140. The SMILES string of the molecule is C[C@H]1CCC[C@H](C)N1C(=O)COC(=O)c1oc2ccccc2c1COc1ccccc1. The van der Waals surface area contributed by atoms with Crippen LogP contribution in [0.5, 0.6) is 5.75 Å². The molecule has 2 heterocycles. The summed E-state index contributed by atoms with van der Waals surface area (Å²) < 4.78 is 17.0. The molecule has 3 aromatic rings. The van der Waals surface area contributed by atoms with Gasteiger partial charge in [-0.25, -0.2) is 4.79 Å². The molecule has 0 unspecified atom stereocenters. The van der Waals surface area contributed by atoms with E-state index in [-0.39, 0.29) is 37.0 Å². The van der Waals surface area contributed by atoms with Crippen molar-refractivity contribution in [1.82, 2.24) is 4.90 Å². The molecule has 1 aliphatic heterocycles. The Hall–Kier alpha value is -3.28. The molecule has 1 saturated heterocycles. The van der Waals surface area contributed by atoms with Crippen molar-refractivity contribution in [2.75, 3.05) is 6.61 Å². The molecule has 0 spiro atoms. The van der Waals surface area contributed by atoms with E-state index >= 15 is 0 Å². The van der Waals surface area contributed by atoms with Gasteiger partial charge in [0.2, 0.25) is 5.76 Å². The molecule has 1 aromatic heterocycles. The molecule has 0 aliphatic carbocycles. The zero-order valence-electron chi connectivity index (χ0n) is 17.9. The topological polar surface area (TPSA) is 69.0 Å². The molecule has 6 heteroatoms. The fourth-order valence-electron chi connectivity index (χ4n) is 4.26. The number of hydrogen-bond donors (Lipinski definition) is 0. The maximum Gasteiger partial charge on any atom is 0.375 e. The predicted octanol–water partition coefficient (Wildman–Crippen LogP) is 4.96. The van der Waals surface area contributed by atoms with Crippen molar-refractivity contribution in [1.29, 1.82) is 0 Å². The van der Waals surface area contributed by atoms with Crippen LogP contribution in [0.1, 0.15) is 49.2 Å². The average Bonchev–Trinajstić information content (AvgIpc) is 3.15. The van der Waals surface area contributed by atoms with Crippen molar-refractivity contribution in [2.45, 2.75) is 51.8 Å². The van der Waals surface area contributed by atoms with Gasteiger partial charge in [-0.1, -0.05) is 36.4 Å². The van der Waals surface area contributed by atoms with E-state index in [2.05, 4.69) is 0 Å². The number of esters is 1. The molecule has 0 radical (unpaired) electrons. The summed E-state index contributed by atoms with van der Waals surface area (Å²) in [6.45, 7) is 3.92. The summed E-state index contributed by atoms with van der Waals surface area (Å²) in [5.74, 6) is -0.0696. The molecule has 162 valence electrons. The average molecular weight is 421 g/mol. The highest BCUT2D eigenvalue weighted by molar-refractivity contribution is 5.97. The second-order valence-electron chi connectivity index (χ2n) is 8.01. The molecule has 0 bridgehead atoms.